The zero-order valence-electron chi connectivity index (χ0n) is 18.9. The van der Waals surface area contributed by atoms with Gasteiger partial charge in [0.1, 0.15) is 12.4 Å². The van der Waals surface area contributed by atoms with Gasteiger partial charge in [-0.3, -0.25) is 4.99 Å². The van der Waals surface area contributed by atoms with Crippen LogP contribution in [-0.4, -0.2) is 89.4 Å². The number of hydrogen-bond donors (Lipinski definition) is 2. The van der Waals surface area contributed by atoms with E-state index in [1.807, 2.05) is 19.2 Å². The maximum absolute atomic E-state index is 5.90. The third-order valence-corrected chi connectivity index (χ3v) is 5.17. The minimum absolute atomic E-state index is 0. The van der Waals surface area contributed by atoms with Crippen LogP contribution in [0.3, 0.4) is 0 Å². The molecule has 0 amide bonds. The highest BCUT2D eigenvalue weighted by molar-refractivity contribution is 14.0. The first-order valence-electron chi connectivity index (χ1n) is 10.8. The van der Waals surface area contributed by atoms with Gasteiger partial charge in [0.15, 0.2) is 5.96 Å². The topological polar surface area (TPSA) is 61.4 Å². The summed E-state index contributed by atoms with van der Waals surface area (Å²) in [4.78, 5) is 9.06. The molecule has 1 aromatic rings. The van der Waals surface area contributed by atoms with E-state index >= 15 is 0 Å². The Morgan fingerprint density at radius 3 is 2.63 bits per heavy atom. The Hall–Kier alpha value is -1.10. The van der Waals surface area contributed by atoms with Gasteiger partial charge in [-0.1, -0.05) is 18.6 Å². The van der Waals surface area contributed by atoms with Crippen LogP contribution < -0.4 is 15.4 Å². The minimum atomic E-state index is 0. The lowest BCUT2D eigenvalue weighted by Gasteiger charge is -2.26. The second-order valence-electron chi connectivity index (χ2n) is 7.55. The smallest absolute Gasteiger partial charge is 0.191 e. The van der Waals surface area contributed by atoms with Crippen LogP contribution in [0.2, 0.25) is 0 Å². The molecule has 0 spiro atoms. The fourth-order valence-electron chi connectivity index (χ4n) is 3.35. The van der Waals surface area contributed by atoms with E-state index < -0.39 is 0 Å². The number of guanidine groups is 1. The summed E-state index contributed by atoms with van der Waals surface area (Å²) in [7, 11) is 5.62. The van der Waals surface area contributed by atoms with Crippen LogP contribution in [0.1, 0.15) is 24.8 Å². The molecule has 7 nitrogen and oxygen atoms in total. The van der Waals surface area contributed by atoms with Crippen molar-refractivity contribution in [2.24, 2.45) is 4.99 Å². The Balaban J connectivity index is 0.00000450. The molecule has 1 fully saturated rings. The number of nitrogens with one attached hydrogen (secondary N) is 2. The highest BCUT2D eigenvalue weighted by Crippen LogP contribution is 2.13. The number of likely N-dealkylation sites (N-methyl/N-ethyl adjacent to an activating group) is 1. The maximum Gasteiger partial charge on any atom is 0.191 e. The number of benzene rings is 1. The van der Waals surface area contributed by atoms with Gasteiger partial charge >= 0.3 is 0 Å². The molecule has 8 heteroatoms. The van der Waals surface area contributed by atoms with E-state index in [0.717, 1.165) is 44.5 Å². The minimum Gasteiger partial charge on any atom is -0.492 e. The van der Waals surface area contributed by atoms with E-state index in [1.54, 1.807) is 7.11 Å². The van der Waals surface area contributed by atoms with Crippen molar-refractivity contribution in [2.45, 2.75) is 25.8 Å². The van der Waals surface area contributed by atoms with Crippen molar-refractivity contribution < 1.29 is 9.47 Å². The highest BCUT2D eigenvalue weighted by Gasteiger charge is 2.09. The van der Waals surface area contributed by atoms with E-state index in [9.17, 15) is 0 Å². The van der Waals surface area contributed by atoms with Gasteiger partial charge in [0.25, 0.3) is 0 Å². The summed E-state index contributed by atoms with van der Waals surface area (Å²) < 4.78 is 11.0. The predicted octanol–water partition coefficient (Wildman–Crippen LogP) is 2.41. The molecule has 0 aliphatic carbocycles. The highest BCUT2D eigenvalue weighted by atomic mass is 127. The second kappa shape index (κ2) is 16.6. The van der Waals surface area contributed by atoms with E-state index in [4.69, 9.17) is 9.47 Å². The van der Waals surface area contributed by atoms with Gasteiger partial charge in [-0.2, -0.15) is 0 Å². The van der Waals surface area contributed by atoms with Gasteiger partial charge in [0.05, 0.1) is 6.61 Å². The lowest BCUT2D eigenvalue weighted by Crippen LogP contribution is -2.42. The number of methoxy groups -OCH3 is 1. The molecule has 0 unspecified atom stereocenters. The first-order valence-corrected chi connectivity index (χ1v) is 10.8. The summed E-state index contributed by atoms with van der Waals surface area (Å²) in [6.45, 7) is 8.34. The van der Waals surface area contributed by atoms with E-state index in [-0.39, 0.29) is 24.0 Å². The molecule has 2 N–H and O–H groups in total. The maximum atomic E-state index is 5.90. The molecular weight excluding hydrogens is 493 g/mol. The quantitative estimate of drug-likeness (QED) is 0.245. The zero-order valence-corrected chi connectivity index (χ0v) is 21.2. The Bertz CT molecular complexity index is 597. The molecule has 172 valence electrons. The molecule has 0 radical (unpaired) electrons. The fraction of sp³-hybridized carbons (Fsp3) is 0.682. The molecule has 2 rings (SSSR count). The monoisotopic (exact) mass is 533 g/mol. The van der Waals surface area contributed by atoms with Crippen LogP contribution in [0.25, 0.3) is 0 Å². The number of nitrogens with zero attached hydrogens (tertiary/aromatic N) is 3. The zero-order chi connectivity index (χ0) is 20.7. The number of hydrogen-bond acceptors (Lipinski definition) is 5. The van der Waals surface area contributed by atoms with Crippen LogP contribution in [-0.2, 0) is 11.3 Å². The predicted molar refractivity (Wildman–Crippen MR) is 135 cm³/mol. The largest absolute Gasteiger partial charge is 0.492 e. The number of rotatable bonds is 12. The number of aliphatic imine (C=N–C) groups is 1. The van der Waals surface area contributed by atoms with E-state index in [0.29, 0.717) is 13.2 Å². The van der Waals surface area contributed by atoms with Crippen molar-refractivity contribution in [1.82, 2.24) is 20.4 Å². The average molecular weight is 533 g/mol. The summed E-state index contributed by atoms with van der Waals surface area (Å²) in [5.74, 6) is 1.74. The van der Waals surface area contributed by atoms with Gasteiger partial charge in [-0.15, -0.1) is 24.0 Å². The third-order valence-electron chi connectivity index (χ3n) is 5.17. The SMILES string of the molecule is CN=C(NCCN1CCCCC1)NCc1cccc(OCCN(C)CCOC)c1.I. The molecule has 1 aliphatic heterocycles. The number of piperidine rings is 1. The summed E-state index contributed by atoms with van der Waals surface area (Å²) in [5.41, 5.74) is 1.18. The van der Waals surface area contributed by atoms with Crippen molar-refractivity contribution >= 4 is 29.9 Å². The number of halogens is 1. The summed E-state index contributed by atoms with van der Waals surface area (Å²) in [5, 5.41) is 6.81. The Kier molecular flexibility index (Phi) is 14.9. The van der Waals surface area contributed by atoms with Gasteiger partial charge in [-0.05, 0) is 50.7 Å². The van der Waals surface area contributed by atoms with Crippen molar-refractivity contribution in [3.8, 4) is 5.75 Å². The van der Waals surface area contributed by atoms with E-state index in [2.05, 4.69) is 44.6 Å². The lowest BCUT2D eigenvalue weighted by molar-refractivity contribution is 0.150. The van der Waals surface area contributed by atoms with Crippen molar-refractivity contribution in [3.63, 3.8) is 0 Å². The van der Waals surface area contributed by atoms with Crippen LogP contribution in [0.4, 0.5) is 0 Å². The Labute approximate surface area is 199 Å². The first-order chi connectivity index (χ1) is 14.2. The molecule has 0 atom stereocenters. The molecule has 1 heterocycles. The Morgan fingerprint density at radius 2 is 1.90 bits per heavy atom. The molecule has 0 aromatic heterocycles. The standard InChI is InChI=1S/C22H39N5O2.HI/c1-23-22(24-10-13-27-11-5-4-6-12-27)25-19-20-8-7-9-21(18-20)29-17-15-26(2)14-16-28-3;/h7-9,18H,4-6,10-17,19H2,1-3H3,(H2,23,24,25);1H. The van der Waals surface area contributed by atoms with Crippen molar-refractivity contribution in [1.29, 1.82) is 0 Å². The van der Waals surface area contributed by atoms with Gasteiger partial charge in [0.2, 0.25) is 0 Å². The molecule has 1 aliphatic rings. The lowest BCUT2D eigenvalue weighted by atomic mass is 10.1. The van der Waals surface area contributed by atoms with Crippen LogP contribution in [0.5, 0.6) is 5.75 Å². The van der Waals surface area contributed by atoms with Gasteiger partial charge < -0.3 is 29.9 Å². The molecule has 30 heavy (non-hydrogen) atoms. The average Bonchev–Trinajstić information content (AvgIpc) is 2.75. The van der Waals surface area contributed by atoms with E-state index in [1.165, 1.54) is 37.9 Å². The van der Waals surface area contributed by atoms with Crippen LogP contribution >= 0.6 is 24.0 Å². The normalized spacial score (nSPS) is 15.0. The second-order valence-corrected chi connectivity index (χ2v) is 7.55. The molecule has 1 aromatic carbocycles. The van der Waals surface area contributed by atoms with Gasteiger partial charge in [-0.25, -0.2) is 0 Å². The van der Waals surface area contributed by atoms with Gasteiger partial charge in [0, 0.05) is 46.9 Å². The first kappa shape index (κ1) is 26.9. The molecule has 1 saturated heterocycles. The summed E-state index contributed by atoms with van der Waals surface area (Å²) >= 11 is 0. The van der Waals surface area contributed by atoms with Crippen LogP contribution in [0, 0.1) is 0 Å². The Morgan fingerprint density at radius 1 is 1.13 bits per heavy atom. The summed E-state index contributed by atoms with van der Waals surface area (Å²) in [6, 6.07) is 8.23. The van der Waals surface area contributed by atoms with Crippen LogP contribution in [0.15, 0.2) is 29.3 Å². The number of likely N-dealkylation sites (tertiary alicyclic amines) is 1. The van der Waals surface area contributed by atoms with Crippen molar-refractivity contribution in [3.05, 3.63) is 29.8 Å². The number of ether oxygens (including phenoxy) is 2. The molecular formula is C22H40IN5O2. The molecule has 0 bridgehead atoms. The summed E-state index contributed by atoms with van der Waals surface area (Å²) in [6.07, 6.45) is 4.03. The fourth-order valence-corrected chi connectivity index (χ4v) is 3.35. The molecule has 0 saturated carbocycles. The third kappa shape index (κ3) is 11.3. The van der Waals surface area contributed by atoms with Crippen molar-refractivity contribution in [2.75, 3.05) is 73.7 Å².